The molecule has 1 aromatic rings. The van der Waals surface area contributed by atoms with Crippen molar-refractivity contribution in [1.29, 1.82) is 0 Å². The first-order valence-electron chi connectivity index (χ1n) is 8.01. The summed E-state index contributed by atoms with van der Waals surface area (Å²) in [5.41, 5.74) is 2.05. The van der Waals surface area contributed by atoms with Gasteiger partial charge >= 0.3 is 0 Å². The lowest BCUT2D eigenvalue weighted by Crippen LogP contribution is -2.48. The van der Waals surface area contributed by atoms with Gasteiger partial charge in [-0.25, -0.2) is 0 Å². The highest BCUT2D eigenvalue weighted by atomic mass is 79.9. The highest BCUT2D eigenvalue weighted by Crippen LogP contribution is 2.35. The molecule has 112 valence electrons. The van der Waals surface area contributed by atoms with Crippen molar-refractivity contribution in [1.82, 2.24) is 9.80 Å². The summed E-state index contributed by atoms with van der Waals surface area (Å²) >= 11 is 3.52. The summed E-state index contributed by atoms with van der Waals surface area (Å²) in [4.78, 5) is 17.2. The number of fused-ring (bicyclic) bond motifs is 4. The Bertz CT molecular complexity index is 566. The van der Waals surface area contributed by atoms with E-state index in [4.69, 9.17) is 0 Å². The predicted molar refractivity (Wildman–Crippen MR) is 86.2 cm³/mol. The molecule has 4 aliphatic heterocycles. The van der Waals surface area contributed by atoms with Crippen LogP contribution in [0, 0.1) is 11.8 Å². The Morgan fingerprint density at radius 3 is 2.71 bits per heavy atom. The van der Waals surface area contributed by atoms with E-state index in [-0.39, 0.29) is 5.91 Å². The van der Waals surface area contributed by atoms with Gasteiger partial charge in [0.1, 0.15) is 0 Å². The van der Waals surface area contributed by atoms with E-state index in [0.29, 0.717) is 0 Å². The zero-order chi connectivity index (χ0) is 14.4. The molecular formula is C17H21BrN2O. The van der Waals surface area contributed by atoms with E-state index in [2.05, 4.69) is 26.9 Å². The molecule has 0 N–H and O–H groups in total. The van der Waals surface area contributed by atoms with Crippen LogP contribution in [0.3, 0.4) is 0 Å². The maximum atomic E-state index is 12.5. The molecule has 1 amide bonds. The summed E-state index contributed by atoms with van der Waals surface area (Å²) in [7, 11) is 0. The van der Waals surface area contributed by atoms with Crippen molar-refractivity contribution in [3.8, 4) is 0 Å². The first-order valence-corrected chi connectivity index (χ1v) is 8.80. The molecule has 1 atom stereocenters. The molecule has 3 nitrogen and oxygen atoms in total. The summed E-state index contributed by atoms with van der Waals surface area (Å²) in [6, 6.07) is 6.06. The number of carbonyl (C=O) groups excluding carboxylic acids is 1. The van der Waals surface area contributed by atoms with Gasteiger partial charge in [-0.15, -0.1) is 0 Å². The van der Waals surface area contributed by atoms with Crippen molar-refractivity contribution in [3.63, 3.8) is 0 Å². The van der Waals surface area contributed by atoms with E-state index in [1.807, 2.05) is 17.0 Å². The lowest BCUT2D eigenvalue weighted by atomic mass is 9.77. The maximum Gasteiger partial charge on any atom is 0.255 e. The van der Waals surface area contributed by atoms with Crippen LogP contribution in [0.25, 0.3) is 0 Å². The largest absolute Gasteiger partial charge is 0.334 e. The number of halogens is 1. The van der Waals surface area contributed by atoms with Crippen LogP contribution in [0.1, 0.15) is 35.2 Å². The molecule has 0 saturated carbocycles. The Morgan fingerprint density at radius 2 is 2.05 bits per heavy atom. The molecule has 4 aliphatic rings. The van der Waals surface area contributed by atoms with Crippen LogP contribution in [0.15, 0.2) is 22.7 Å². The third kappa shape index (κ3) is 2.42. The average Bonchev–Trinajstić information content (AvgIpc) is 2.84. The first kappa shape index (κ1) is 13.8. The third-order valence-electron chi connectivity index (χ3n) is 5.52. The van der Waals surface area contributed by atoms with Gasteiger partial charge in [0.2, 0.25) is 0 Å². The van der Waals surface area contributed by atoms with Gasteiger partial charge in [-0.05, 0) is 71.7 Å². The average molecular weight is 349 g/mol. The second kappa shape index (κ2) is 5.40. The lowest BCUT2D eigenvalue weighted by molar-refractivity contribution is 0.0395. The molecule has 3 saturated heterocycles. The molecular weight excluding hydrogens is 328 g/mol. The molecule has 4 heterocycles. The molecule has 0 aliphatic carbocycles. The molecule has 0 aromatic heterocycles. The number of benzene rings is 1. The van der Waals surface area contributed by atoms with Crippen molar-refractivity contribution >= 4 is 21.8 Å². The van der Waals surface area contributed by atoms with Gasteiger partial charge in [0.05, 0.1) is 5.56 Å². The van der Waals surface area contributed by atoms with Gasteiger partial charge in [-0.1, -0.05) is 12.1 Å². The van der Waals surface area contributed by atoms with Crippen molar-refractivity contribution in [3.05, 3.63) is 33.8 Å². The normalized spacial score (nSPS) is 30.8. The summed E-state index contributed by atoms with van der Waals surface area (Å²) < 4.78 is 0.940. The monoisotopic (exact) mass is 348 g/mol. The fraction of sp³-hybridized carbons (Fsp3) is 0.588. The Hall–Kier alpha value is -0.870. The van der Waals surface area contributed by atoms with E-state index in [9.17, 15) is 4.79 Å². The second-order valence-corrected chi connectivity index (χ2v) is 7.54. The van der Waals surface area contributed by atoms with Gasteiger partial charge in [-0.2, -0.15) is 0 Å². The number of rotatable bonds is 3. The van der Waals surface area contributed by atoms with Crippen LogP contribution in [0.2, 0.25) is 0 Å². The minimum atomic E-state index is 0.207. The Morgan fingerprint density at radius 1 is 1.24 bits per heavy atom. The molecule has 5 rings (SSSR count). The molecule has 3 fully saturated rings. The topological polar surface area (TPSA) is 23.6 Å². The van der Waals surface area contributed by atoms with E-state index in [0.717, 1.165) is 35.0 Å². The summed E-state index contributed by atoms with van der Waals surface area (Å²) in [5, 5.41) is 0. The van der Waals surface area contributed by atoms with Crippen molar-refractivity contribution in [2.45, 2.75) is 25.8 Å². The Kier molecular flexibility index (Phi) is 3.54. The quantitative estimate of drug-likeness (QED) is 0.837. The zero-order valence-corrected chi connectivity index (χ0v) is 13.8. The van der Waals surface area contributed by atoms with Gasteiger partial charge in [0.15, 0.2) is 0 Å². The molecule has 4 heteroatoms. The van der Waals surface area contributed by atoms with Crippen molar-refractivity contribution in [2.75, 3.05) is 26.2 Å². The van der Waals surface area contributed by atoms with Crippen LogP contribution >= 0.6 is 15.9 Å². The Labute approximate surface area is 134 Å². The first-order chi connectivity index (χ1) is 10.2. The zero-order valence-electron chi connectivity index (χ0n) is 12.2. The molecule has 0 radical (unpaired) electrons. The molecule has 21 heavy (non-hydrogen) atoms. The molecule has 1 aromatic carbocycles. The number of piperidine rings is 3. The molecule has 0 unspecified atom stereocenters. The van der Waals surface area contributed by atoms with Gasteiger partial charge in [-0.3, -0.25) is 4.79 Å². The SMILES string of the molecule is O=C1c2c(Br)cccc2CN1CC[C@@H]1CN2CCC1CC2. The number of hydrogen-bond donors (Lipinski definition) is 0. The number of hydrogen-bond acceptors (Lipinski definition) is 2. The van der Waals surface area contributed by atoms with Gasteiger partial charge in [0, 0.05) is 24.1 Å². The number of nitrogens with zero attached hydrogens (tertiary/aromatic N) is 2. The smallest absolute Gasteiger partial charge is 0.255 e. The number of amides is 1. The van der Waals surface area contributed by atoms with Crippen molar-refractivity contribution < 1.29 is 4.79 Å². The minimum absolute atomic E-state index is 0.207. The summed E-state index contributed by atoms with van der Waals surface area (Å²) in [6.45, 7) is 5.54. The summed E-state index contributed by atoms with van der Waals surface area (Å²) in [5.74, 6) is 1.91. The van der Waals surface area contributed by atoms with E-state index < -0.39 is 0 Å². The van der Waals surface area contributed by atoms with Crippen LogP contribution in [0.4, 0.5) is 0 Å². The van der Waals surface area contributed by atoms with Gasteiger partial charge in [0.25, 0.3) is 5.91 Å². The molecule has 0 spiro atoms. The third-order valence-corrected chi connectivity index (χ3v) is 6.18. The van der Waals surface area contributed by atoms with Crippen LogP contribution in [0.5, 0.6) is 0 Å². The van der Waals surface area contributed by atoms with Crippen molar-refractivity contribution in [2.24, 2.45) is 11.8 Å². The Balaban J connectivity index is 1.41. The molecule has 2 bridgehead atoms. The van der Waals surface area contributed by atoms with Crippen LogP contribution in [-0.2, 0) is 6.54 Å². The number of carbonyl (C=O) groups is 1. The maximum absolute atomic E-state index is 12.5. The fourth-order valence-corrected chi connectivity index (χ4v) is 4.87. The standard InChI is InChI=1S/C17H21BrN2O/c18-15-3-1-2-14-11-20(17(21)16(14)15)9-6-13-10-19-7-4-12(13)5-8-19/h1-3,12-13H,4-11H2/t13-/m1/s1. The van der Waals surface area contributed by atoms with Crippen LogP contribution in [-0.4, -0.2) is 41.9 Å². The van der Waals surface area contributed by atoms with E-state index in [1.54, 1.807) is 0 Å². The highest BCUT2D eigenvalue weighted by Gasteiger charge is 2.35. The van der Waals surface area contributed by atoms with E-state index >= 15 is 0 Å². The minimum Gasteiger partial charge on any atom is -0.334 e. The highest BCUT2D eigenvalue weighted by molar-refractivity contribution is 9.10. The fourth-order valence-electron chi connectivity index (χ4n) is 4.29. The predicted octanol–water partition coefficient (Wildman–Crippen LogP) is 3.14. The van der Waals surface area contributed by atoms with E-state index in [1.165, 1.54) is 44.5 Å². The van der Waals surface area contributed by atoms with Gasteiger partial charge < -0.3 is 9.80 Å². The second-order valence-electron chi connectivity index (χ2n) is 6.69. The lowest BCUT2D eigenvalue weighted by Gasteiger charge is -2.45. The summed E-state index contributed by atoms with van der Waals surface area (Å²) in [6.07, 6.45) is 3.90. The van der Waals surface area contributed by atoms with Crippen LogP contribution < -0.4 is 0 Å².